The van der Waals surface area contributed by atoms with Crippen molar-refractivity contribution in [3.8, 4) is 0 Å². The van der Waals surface area contributed by atoms with Gasteiger partial charge in [-0.3, -0.25) is 9.59 Å². The first kappa shape index (κ1) is 20.5. The number of hydrogen-bond donors (Lipinski definition) is 3. The van der Waals surface area contributed by atoms with Crippen LogP contribution in [0.15, 0.2) is 53.3 Å². The van der Waals surface area contributed by atoms with Crippen molar-refractivity contribution in [3.05, 3.63) is 65.7 Å². The zero-order valence-electron chi connectivity index (χ0n) is 17.3. The molecular weight excluding hydrogens is 409 g/mol. The lowest BCUT2D eigenvalue weighted by molar-refractivity contribution is -0.120. The van der Waals surface area contributed by atoms with Crippen molar-refractivity contribution < 1.29 is 24.1 Å². The Morgan fingerprint density at radius 2 is 2.03 bits per heavy atom. The van der Waals surface area contributed by atoms with Crippen LogP contribution in [0.3, 0.4) is 0 Å². The molecule has 0 radical (unpaired) electrons. The molecule has 5 rings (SSSR count). The van der Waals surface area contributed by atoms with E-state index in [2.05, 4.69) is 10.3 Å². The maximum Gasteiger partial charge on any atom is 0.475 e. The number of aromatic nitrogens is 2. The summed E-state index contributed by atoms with van der Waals surface area (Å²) in [6.07, 6.45) is 4.56. The highest BCUT2D eigenvalue weighted by Crippen LogP contribution is 2.30. The Hall–Kier alpha value is -3.43. The van der Waals surface area contributed by atoms with Gasteiger partial charge in [-0.1, -0.05) is 18.2 Å². The van der Waals surface area contributed by atoms with Gasteiger partial charge in [0, 0.05) is 29.9 Å². The van der Waals surface area contributed by atoms with E-state index in [9.17, 15) is 19.6 Å². The Labute approximate surface area is 184 Å². The number of fused-ring (bicyclic) bond motifs is 4. The van der Waals surface area contributed by atoms with Crippen LogP contribution < -0.4 is 5.32 Å². The smallest absolute Gasteiger partial charge is 0.464 e. The quantitative estimate of drug-likeness (QED) is 0.403. The number of para-hydroxylation sites is 1. The number of nitrogens with zero attached hydrogens (tertiary/aromatic N) is 2. The first-order valence-electron chi connectivity index (χ1n) is 10.6. The summed E-state index contributed by atoms with van der Waals surface area (Å²) in [5.74, 6) is -1.32. The molecule has 32 heavy (non-hydrogen) atoms. The average Bonchev–Trinajstić information content (AvgIpc) is 3.34. The minimum atomic E-state index is -1.75. The second kappa shape index (κ2) is 8.25. The number of carbonyl (C=O) groups is 2. The molecule has 162 valence electrons. The number of rotatable bonds is 6. The third kappa shape index (κ3) is 3.59. The van der Waals surface area contributed by atoms with Crippen LogP contribution in [0.2, 0.25) is 0 Å². The molecule has 1 aliphatic heterocycles. The molecule has 0 bridgehead atoms. The van der Waals surface area contributed by atoms with Crippen molar-refractivity contribution in [1.29, 1.82) is 0 Å². The number of Topliss-reactive ketones (excluding diaryl/α,β-unsaturated/α-hetero) is 1. The van der Waals surface area contributed by atoms with E-state index in [0.717, 1.165) is 22.8 Å². The standard InChI is InChI=1S/C23H22BN3O5/c28-18-7-4-10-27-22(18)17(16-6-3-9-25-23(16)27)12-21(29)26-20(24(30)31)11-14-13-32-19-8-2-1-5-15(14)19/h1-3,5-6,8-9,13,20,30-31H,4,7,10-12H2,(H,26,29). The fraction of sp³-hybridized carbons (Fsp3) is 0.261. The molecule has 9 heteroatoms. The molecule has 1 amide bonds. The van der Waals surface area contributed by atoms with Crippen molar-refractivity contribution in [2.45, 2.75) is 38.2 Å². The predicted octanol–water partition coefficient (Wildman–Crippen LogP) is 2.04. The molecule has 4 heterocycles. The second-order valence-corrected chi connectivity index (χ2v) is 8.11. The molecule has 0 saturated carbocycles. The zero-order valence-corrected chi connectivity index (χ0v) is 17.3. The van der Waals surface area contributed by atoms with Gasteiger partial charge in [-0.25, -0.2) is 4.98 Å². The van der Waals surface area contributed by atoms with Crippen LogP contribution in [-0.4, -0.2) is 44.3 Å². The zero-order chi connectivity index (χ0) is 22.2. The summed E-state index contributed by atoms with van der Waals surface area (Å²) in [5, 5.41) is 24.2. The topological polar surface area (TPSA) is 118 Å². The Morgan fingerprint density at radius 1 is 1.22 bits per heavy atom. The van der Waals surface area contributed by atoms with E-state index >= 15 is 0 Å². The van der Waals surface area contributed by atoms with E-state index in [1.165, 1.54) is 0 Å². The fourth-order valence-corrected chi connectivity index (χ4v) is 4.55. The Balaban J connectivity index is 1.40. The molecule has 3 aromatic heterocycles. The van der Waals surface area contributed by atoms with Gasteiger partial charge < -0.3 is 24.3 Å². The Kier molecular flexibility index (Phi) is 5.28. The first-order chi connectivity index (χ1) is 15.5. The molecule has 8 nitrogen and oxygen atoms in total. The monoisotopic (exact) mass is 431 g/mol. The van der Waals surface area contributed by atoms with Gasteiger partial charge in [-0.2, -0.15) is 0 Å². The van der Waals surface area contributed by atoms with E-state index in [4.69, 9.17) is 4.42 Å². The van der Waals surface area contributed by atoms with Gasteiger partial charge >= 0.3 is 7.12 Å². The minimum absolute atomic E-state index is 0.000611. The summed E-state index contributed by atoms with van der Waals surface area (Å²) in [5.41, 5.74) is 3.32. The number of pyridine rings is 1. The number of nitrogens with one attached hydrogen (secondary N) is 1. The molecule has 1 aromatic carbocycles. The number of hydrogen-bond acceptors (Lipinski definition) is 6. The maximum atomic E-state index is 13.0. The van der Waals surface area contributed by atoms with Crippen molar-refractivity contribution in [3.63, 3.8) is 0 Å². The van der Waals surface area contributed by atoms with Gasteiger partial charge in [0.25, 0.3) is 0 Å². The summed E-state index contributed by atoms with van der Waals surface area (Å²) in [4.78, 5) is 30.0. The largest absolute Gasteiger partial charge is 0.475 e. The molecule has 1 unspecified atom stereocenters. The molecule has 0 spiro atoms. The van der Waals surface area contributed by atoms with Gasteiger partial charge in [0.15, 0.2) is 5.78 Å². The molecule has 4 aromatic rings. The van der Waals surface area contributed by atoms with Gasteiger partial charge in [0.1, 0.15) is 11.2 Å². The number of ketones is 1. The lowest BCUT2D eigenvalue weighted by Gasteiger charge is -2.18. The van der Waals surface area contributed by atoms with Gasteiger partial charge in [0.05, 0.1) is 24.3 Å². The van der Waals surface area contributed by atoms with E-state index in [1.807, 2.05) is 34.9 Å². The number of amides is 1. The summed E-state index contributed by atoms with van der Waals surface area (Å²) in [6, 6.07) is 11.1. The van der Waals surface area contributed by atoms with Crippen molar-refractivity contribution in [1.82, 2.24) is 14.9 Å². The molecule has 0 saturated heterocycles. The predicted molar refractivity (Wildman–Crippen MR) is 119 cm³/mol. The highest BCUT2D eigenvalue weighted by molar-refractivity contribution is 6.43. The summed E-state index contributed by atoms with van der Waals surface area (Å²) in [7, 11) is -1.75. The number of aryl methyl sites for hydroxylation is 1. The molecule has 1 atom stereocenters. The molecular formula is C23H22BN3O5. The second-order valence-electron chi connectivity index (χ2n) is 8.11. The normalized spacial score (nSPS) is 14.5. The Morgan fingerprint density at radius 3 is 2.88 bits per heavy atom. The van der Waals surface area contributed by atoms with Crippen LogP contribution in [0.4, 0.5) is 0 Å². The summed E-state index contributed by atoms with van der Waals surface area (Å²) >= 11 is 0. The lowest BCUT2D eigenvalue weighted by atomic mass is 9.75. The van der Waals surface area contributed by atoms with Crippen LogP contribution in [0.5, 0.6) is 0 Å². The van der Waals surface area contributed by atoms with E-state index in [0.29, 0.717) is 35.5 Å². The van der Waals surface area contributed by atoms with Gasteiger partial charge in [0.2, 0.25) is 5.91 Å². The molecule has 1 aliphatic rings. The highest BCUT2D eigenvalue weighted by Gasteiger charge is 2.30. The SMILES string of the molecule is O=C(Cc1c2n(c3ncccc13)CCCC2=O)NC(Cc1coc2ccccc12)B(O)O. The number of benzene rings is 1. The van der Waals surface area contributed by atoms with Crippen molar-refractivity contribution >= 4 is 40.8 Å². The third-order valence-electron chi connectivity index (χ3n) is 6.02. The fourth-order valence-electron chi connectivity index (χ4n) is 4.55. The summed E-state index contributed by atoms with van der Waals surface area (Å²) < 4.78 is 7.41. The van der Waals surface area contributed by atoms with Crippen LogP contribution in [0, 0.1) is 0 Å². The van der Waals surface area contributed by atoms with Gasteiger partial charge in [-0.05, 0) is 42.2 Å². The first-order valence-corrected chi connectivity index (χ1v) is 10.6. The van der Waals surface area contributed by atoms with Gasteiger partial charge in [-0.15, -0.1) is 0 Å². The highest BCUT2D eigenvalue weighted by atomic mass is 16.4. The van der Waals surface area contributed by atoms with Crippen molar-refractivity contribution in [2.24, 2.45) is 0 Å². The molecule has 0 fully saturated rings. The van der Waals surface area contributed by atoms with Crippen LogP contribution in [0.25, 0.3) is 22.0 Å². The van der Waals surface area contributed by atoms with Crippen LogP contribution in [-0.2, 0) is 24.2 Å². The van der Waals surface area contributed by atoms with Crippen LogP contribution >= 0.6 is 0 Å². The maximum absolute atomic E-state index is 13.0. The number of carbonyl (C=O) groups excluding carboxylic acids is 2. The minimum Gasteiger partial charge on any atom is -0.464 e. The van der Waals surface area contributed by atoms with Crippen molar-refractivity contribution in [2.75, 3.05) is 0 Å². The lowest BCUT2D eigenvalue weighted by Crippen LogP contribution is -2.48. The summed E-state index contributed by atoms with van der Waals surface area (Å²) in [6.45, 7) is 0.682. The van der Waals surface area contributed by atoms with E-state index in [1.54, 1.807) is 18.5 Å². The van der Waals surface area contributed by atoms with Crippen LogP contribution in [0.1, 0.15) is 34.5 Å². The van der Waals surface area contributed by atoms with E-state index in [-0.39, 0.29) is 18.6 Å². The Bertz CT molecular complexity index is 1330. The third-order valence-corrected chi connectivity index (χ3v) is 6.02. The molecule has 0 aliphatic carbocycles. The number of furan rings is 1. The van der Waals surface area contributed by atoms with E-state index < -0.39 is 19.0 Å². The average molecular weight is 431 g/mol. The molecule has 3 N–H and O–H groups in total.